The first-order valence-electron chi connectivity index (χ1n) is 5.19. The van der Waals surface area contributed by atoms with Crippen molar-refractivity contribution in [3.05, 3.63) is 18.0 Å². The summed E-state index contributed by atoms with van der Waals surface area (Å²) in [6, 6.07) is 0.286. The Bertz CT molecular complexity index is 307. The molecule has 0 fully saturated rings. The van der Waals surface area contributed by atoms with Gasteiger partial charge in [0.15, 0.2) is 0 Å². The van der Waals surface area contributed by atoms with Gasteiger partial charge in [0.25, 0.3) is 0 Å². The molecule has 0 bridgehead atoms. The van der Waals surface area contributed by atoms with E-state index in [9.17, 15) is 0 Å². The van der Waals surface area contributed by atoms with Crippen LogP contribution >= 0.6 is 0 Å². The first-order valence-corrected chi connectivity index (χ1v) is 5.19. The molecule has 1 N–H and O–H groups in total. The Labute approximate surface area is 91.6 Å². The van der Waals surface area contributed by atoms with Gasteiger partial charge in [-0.05, 0) is 27.3 Å². The molecule has 0 amide bonds. The van der Waals surface area contributed by atoms with Crippen LogP contribution < -0.4 is 5.32 Å². The highest BCUT2D eigenvalue weighted by molar-refractivity contribution is 5.11. The lowest BCUT2D eigenvalue weighted by atomic mass is 9.95. The molecule has 0 aliphatic carbocycles. The number of hydrogen-bond donors (Lipinski definition) is 1. The van der Waals surface area contributed by atoms with Crippen molar-refractivity contribution in [1.82, 2.24) is 15.1 Å². The highest BCUT2D eigenvalue weighted by Crippen LogP contribution is 2.25. The highest BCUT2D eigenvalue weighted by Gasteiger charge is 2.23. The second-order valence-electron chi connectivity index (χ2n) is 4.46. The van der Waals surface area contributed by atoms with Gasteiger partial charge in [-0.25, -0.2) is 0 Å². The Hall–Kier alpha value is -0.870. The summed E-state index contributed by atoms with van der Waals surface area (Å²) in [5.41, 5.74) is 1.08. The van der Waals surface area contributed by atoms with Gasteiger partial charge >= 0.3 is 0 Å². The fourth-order valence-electron chi connectivity index (χ4n) is 1.58. The predicted octanol–water partition coefficient (Wildman–Crippen LogP) is 1.50. The molecule has 0 saturated carbocycles. The largest absolute Gasteiger partial charge is 0.379 e. The van der Waals surface area contributed by atoms with Crippen LogP contribution in [-0.4, -0.2) is 29.5 Å². The van der Waals surface area contributed by atoms with Crippen LogP contribution in [0.25, 0.3) is 0 Å². The number of rotatable bonds is 5. The molecule has 0 aliphatic heterocycles. The van der Waals surface area contributed by atoms with Crippen molar-refractivity contribution in [2.75, 3.05) is 14.2 Å². The van der Waals surface area contributed by atoms with Crippen molar-refractivity contribution < 1.29 is 4.74 Å². The lowest BCUT2D eigenvalue weighted by Crippen LogP contribution is -2.30. The minimum Gasteiger partial charge on any atom is -0.379 e. The molecule has 1 unspecified atom stereocenters. The molecule has 4 heteroatoms. The molecular weight excluding hydrogens is 190 g/mol. The Morgan fingerprint density at radius 1 is 1.60 bits per heavy atom. The van der Waals surface area contributed by atoms with E-state index in [0.29, 0.717) is 0 Å². The normalized spacial score (nSPS) is 14.2. The fourth-order valence-corrected chi connectivity index (χ4v) is 1.58. The molecule has 0 aliphatic rings. The number of methoxy groups -OCH3 is 1. The van der Waals surface area contributed by atoms with E-state index in [1.165, 1.54) is 5.56 Å². The number of nitrogens with one attached hydrogen (secondary N) is 1. The molecule has 0 saturated heterocycles. The summed E-state index contributed by atoms with van der Waals surface area (Å²) in [5, 5.41) is 7.47. The second kappa shape index (κ2) is 4.77. The van der Waals surface area contributed by atoms with Gasteiger partial charge < -0.3 is 10.1 Å². The summed E-state index contributed by atoms with van der Waals surface area (Å²) in [5.74, 6) is 0. The second-order valence-corrected chi connectivity index (χ2v) is 4.46. The number of hydrogen-bond acceptors (Lipinski definition) is 3. The minimum atomic E-state index is -0.122. The molecular formula is C11H21N3O. The zero-order chi connectivity index (χ0) is 11.5. The quantitative estimate of drug-likeness (QED) is 0.802. The molecule has 0 aromatic carbocycles. The maximum absolute atomic E-state index is 5.43. The van der Waals surface area contributed by atoms with Gasteiger partial charge in [0.05, 0.1) is 11.8 Å². The van der Waals surface area contributed by atoms with E-state index >= 15 is 0 Å². The fraction of sp³-hybridized carbons (Fsp3) is 0.727. The Morgan fingerprint density at radius 3 is 2.67 bits per heavy atom. The zero-order valence-corrected chi connectivity index (χ0v) is 10.2. The van der Waals surface area contributed by atoms with Crippen LogP contribution in [0.15, 0.2) is 12.4 Å². The summed E-state index contributed by atoms with van der Waals surface area (Å²) in [6.45, 7) is 4.18. The van der Waals surface area contributed by atoms with Crippen LogP contribution in [0.5, 0.6) is 0 Å². The molecule has 0 spiro atoms. The first kappa shape index (κ1) is 12.2. The lowest BCUT2D eigenvalue weighted by Gasteiger charge is -2.27. The molecule has 4 nitrogen and oxygen atoms in total. The number of nitrogens with zero attached hydrogens (tertiary/aromatic N) is 2. The maximum Gasteiger partial charge on any atom is 0.0640 e. The average Bonchev–Trinajstić information content (AvgIpc) is 2.61. The van der Waals surface area contributed by atoms with Crippen LogP contribution in [0.1, 0.15) is 31.9 Å². The molecule has 86 valence electrons. The summed E-state index contributed by atoms with van der Waals surface area (Å²) >= 11 is 0. The first-order chi connectivity index (χ1) is 6.98. The van der Waals surface area contributed by atoms with Crippen LogP contribution in [0.3, 0.4) is 0 Å². The molecule has 1 aromatic heterocycles. The number of aryl methyl sites for hydroxylation is 1. The zero-order valence-electron chi connectivity index (χ0n) is 10.2. The van der Waals surface area contributed by atoms with E-state index in [1.54, 1.807) is 7.11 Å². The third-order valence-electron chi connectivity index (χ3n) is 2.72. The van der Waals surface area contributed by atoms with E-state index in [-0.39, 0.29) is 11.6 Å². The Morgan fingerprint density at radius 2 is 2.27 bits per heavy atom. The highest BCUT2D eigenvalue weighted by atomic mass is 16.5. The van der Waals surface area contributed by atoms with Crippen molar-refractivity contribution in [3.63, 3.8) is 0 Å². The van der Waals surface area contributed by atoms with Crippen molar-refractivity contribution in [3.8, 4) is 0 Å². The summed E-state index contributed by atoms with van der Waals surface area (Å²) in [4.78, 5) is 0. The smallest absolute Gasteiger partial charge is 0.0640 e. The third kappa shape index (κ3) is 3.32. The van der Waals surface area contributed by atoms with E-state index in [1.807, 2.05) is 31.2 Å². The predicted molar refractivity (Wildman–Crippen MR) is 60.7 cm³/mol. The van der Waals surface area contributed by atoms with Crippen LogP contribution in [-0.2, 0) is 11.8 Å². The van der Waals surface area contributed by atoms with Crippen molar-refractivity contribution in [2.45, 2.75) is 31.9 Å². The molecule has 15 heavy (non-hydrogen) atoms. The lowest BCUT2D eigenvalue weighted by molar-refractivity contribution is 0.00744. The summed E-state index contributed by atoms with van der Waals surface area (Å²) < 4.78 is 7.25. The minimum absolute atomic E-state index is 0.122. The van der Waals surface area contributed by atoms with Gasteiger partial charge in [0.1, 0.15) is 0 Å². The monoisotopic (exact) mass is 211 g/mol. The van der Waals surface area contributed by atoms with Crippen molar-refractivity contribution >= 4 is 0 Å². The number of aromatic nitrogens is 2. The van der Waals surface area contributed by atoms with E-state index in [0.717, 1.165) is 6.42 Å². The summed E-state index contributed by atoms with van der Waals surface area (Å²) in [6.07, 6.45) is 4.85. The van der Waals surface area contributed by atoms with E-state index in [4.69, 9.17) is 4.74 Å². The SMILES string of the molecule is CNC(CC(C)(C)OC)c1cnn(C)c1. The van der Waals surface area contributed by atoms with Crippen LogP contribution in [0.2, 0.25) is 0 Å². The van der Waals surface area contributed by atoms with Gasteiger partial charge in [-0.1, -0.05) is 0 Å². The standard InChI is InChI=1S/C11H21N3O/c1-11(2,15-5)6-10(12-3)9-7-13-14(4)8-9/h7-8,10,12H,6H2,1-5H3. The van der Waals surface area contributed by atoms with Gasteiger partial charge in [0, 0.05) is 32.0 Å². The van der Waals surface area contributed by atoms with Gasteiger partial charge in [-0.2, -0.15) is 5.10 Å². The Balaban J connectivity index is 2.72. The molecule has 1 heterocycles. The number of ether oxygens (including phenoxy) is 1. The van der Waals surface area contributed by atoms with Crippen molar-refractivity contribution in [1.29, 1.82) is 0 Å². The van der Waals surface area contributed by atoms with Gasteiger partial charge in [-0.15, -0.1) is 0 Å². The maximum atomic E-state index is 5.43. The third-order valence-corrected chi connectivity index (χ3v) is 2.72. The topological polar surface area (TPSA) is 39.1 Å². The summed E-state index contributed by atoms with van der Waals surface area (Å²) in [7, 11) is 5.64. The Kier molecular flexibility index (Phi) is 3.88. The van der Waals surface area contributed by atoms with Crippen molar-refractivity contribution in [2.24, 2.45) is 7.05 Å². The molecule has 1 atom stereocenters. The van der Waals surface area contributed by atoms with Gasteiger partial charge in [-0.3, -0.25) is 4.68 Å². The van der Waals surface area contributed by atoms with Gasteiger partial charge in [0.2, 0.25) is 0 Å². The molecule has 1 aromatic rings. The van der Waals surface area contributed by atoms with Crippen LogP contribution in [0, 0.1) is 0 Å². The van der Waals surface area contributed by atoms with Crippen LogP contribution in [0.4, 0.5) is 0 Å². The van der Waals surface area contributed by atoms with E-state index < -0.39 is 0 Å². The van der Waals surface area contributed by atoms with E-state index in [2.05, 4.69) is 24.3 Å². The molecule has 1 rings (SSSR count). The molecule has 0 radical (unpaired) electrons. The average molecular weight is 211 g/mol.